The lowest BCUT2D eigenvalue weighted by atomic mass is 9.81. The predicted molar refractivity (Wildman–Crippen MR) is 198 cm³/mol. The van der Waals surface area contributed by atoms with E-state index in [2.05, 4.69) is 138 Å². The molecule has 47 heavy (non-hydrogen) atoms. The van der Waals surface area contributed by atoms with E-state index in [0.29, 0.717) is 0 Å². The van der Waals surface area contributed by atoms with Gasteiger partial charge in [-0.3, -0.25) is 0 Å². The zero-order valence-electron chi connectivity index (χ0n) is 30.3. The number of rotatable bonds is 4. The molecule has 0 unspecified atom stereocenters. The number of para-hydroxylation sites is 1. The van der Waals surface area contributed by atoms with Crippen molar-refractivity contribution >= 4 is 23.8 Å². The Hall–Kier alpha value is -3.49. The van der Waals surface area contributed by atoms with E-state index in [1.165, 1.54) is 38.2 Å². The van der Waals surface area contributed by atoms with Gasteiger partial charge in [0.05, 0.1) is 0 Å². The van der Waals surface area contributed by atoms with Gasteiger partial charge < -0.3 is 18.9 Å². The van der Waals surface area contributed by atoms with Gasteiger partial charge in [0.15, 0.2) is 23.0 Å². The van der Waals surface area contributed by atoms with Crippen molar-refractivity contribution in [3.05, 3.63) is 89.0 Å². The van der Waals surface area contributed by atoms with Crippen LogP contribution in [0.4, 0.5) is 0 Å². The van der Waals surface area contributed by atoms with Crippen molar-refractivity contribution in [3.8, 4) is 34.1 Å². The molecule has 0 aliphatic carbocycles. The third kappa shape index (κ3) is 6.51. The maximum Gasteiger partial charge on any atom is 0.231 e. The first kappa shape index (κ1) is 33.4. The van der Waals surface area contributed by atoms with Gasteiger partial charge in [0.1, 0.15) is 0 Å². The average molecular weight is 651 g/mol. The lowest BCUT2D eigenvalue weighted by Crippen LogP contribution is -2.28. The Morgan fingerprint density at radius 1 is 0.468 bits per heavy atom. The summed E-state index contributed by atoms with van der Waals surface area (Å²) in [4.78, 5) is 0. The molecule has 4 nitrogen and oxygen atoms in total. The Kier molecular flexibility index (Phi) is 8.24. The minimum absolute atomic E-state index is 0.0238. The fraction of sp³-hybridized carbons (Fsp3) is 0.429. The molecule has 0 saturated heterocycles. The molecule has 0 radical (unpaired) electrons. The minimum atomic E-state index is -1.09. The lowest BCUT2D eigenvalue weighted by molar-refractivity contribution is 0.173. The molecule has 0 N–H and O–H groups in total. The van der Waals surface area contributed by atoms with Crippen LogP contribution in [0.2, 0.25) is 0 Å². The van der Waals surface area contributed by atoms with Crippen LogP contribution in [-0.2, 0) is 21.7 Å². The fourth-order valence-corrected chi connectivity index (χ4v) is 8.77. The number of ether oxygens (including phenoxy) is 4. The summed E-state index contributed by atoms with van der Waals surface area (Å²) in [5, 5.41) is 3.87. The maximum atomic E-state index is 6.31. The Balaban J connectivity index is 1.75. The minimum Gasteiger partial charge on any atom is -0.454 e. The first-order chi connectivity index (χ1) is 21.8. The quantitative estimate of drug-likeness (QED) is 0.206. The second-order valence-electron chi connectivity index (χ2n) is 17.1. The van der Waals surface area contributed by atoms with Gasteiger partial charge in [-0.2, -0.15) is 0 Å². The highest BCUT2D eigenvalue weighted by Crippen LogP contribution is 2.52. The van der Waals surface area contributed by atoms with Crippen molar-refractivity contribution in [1.29, 1.82) is 0 Å². The molecule has 0 atom stereocenters. The van der Waals surface area contributed by atoms with Crippen LogP contribution in [0, 0.1) is 0 Å². The Bertz CT molecular complexity index is 1690. The van der Waals surface area contributed by atoms with Gasteiger partial charge >= 0.3 is 0 Å². The van der Waals surface area contributed by atoms with Gasteiger partial charge in [-0.15, -0.1) is 0 Å². The summed E-state index contributed by atoms with van der Waals surface area (Å²) in [5.74, 6) is 3.03. The summed E-state index contributed by atoms with van der Waals surface area (Å²) >= 11 is 0. The number of fused-ring (bicyclic) bond motifs is 2. The SMILES string of the molecule is CC(C)(C)c1cc(P(c2cc(C(C)(C)C)cc(C(C)(C)C)c2)c2ccc3c(c2-c2cccc4c2OCO4)OCO3)cc(C(C)(C)C)c1. The molecule has 2 heterocycles. The molecule has 0 spiro atoms. The molecule has 0 bridgehead atoms. The van der Waals surface area contributed by atoms with Crippen molar-refractivity contribution in [2.24, 2.45) is 0 Å². The molecule has 0 fully saturated rings. The monoisotopic (exact) mass is 650 g/mol. The highest BCUT2D eigenvalue weighted by molar-refractivity contribution is 7.80. The van der Waals surface area contributed by atoms with Gasteiger partial charge in [-0.05, 0) is 85.9 Å². The van der Waals surface area contributed by atoms with Crippen LogP contribution < -0.4 is 34.9 Å². The van der Waals surface area contributed by atoms with Gasteiger partial charge in [-0.25, -0.2) is 0 Å². The van der Waals surface area contributed by atoms with E-state index in [0.717, 1.165) is 34.1 Å². The number of benzene rings is 4. The molecule has 4 aromatic rings. The van der Waals surface area contributed by atoms with E-state index < -0.39 is 7.92 Å². The first-order valence-electron chi connectivity index (χ1n) is 16.8. The smallest absolute Gasteiger partial charge is 0.231 e. The zero-order chi connectivity index (χ0) is 34.1. The molecule has 2 aliphatic heterocycles. The van der Waals surface area contributed by atoms with Crippen molar-refractivity contribution < 1.29 is 18.9 Å². The molecule has 0 saturated carbocycles. The molecule has 248 valence electrons. The van der Waals surface area contributed by atoms with Crippen LogP contribution in [-0.4, -0.2) is 13.6 Å². The Morgan fingerprint density at radius 2 is 0.894 bits per heavy atom. The summed E-state index contributed by atoms with van der Waals surface area (Å²) in [7, 11) is -1.09. The van der Waals surface area contributed by atoms with E-state index in [9.17, 15) is 0 Å². The summed E-state index contributed by atoms with van der Waals surface area (Å²) < 4.78 is 24.3. The largest absolute Gasteiger partial charge is 0.454 e. The van der Waals surface area contributed by atoms with E-state index >= 15 is 0 Å². The summed E-state index contributed by atoms with van der Waals surface area (Å²) in [6, 6.07) is 25.2. The molecule has 4 aromatic carbocycles. The molecule has 0 aromatic heterocycles. The van der Waals surface area contributed by atoms with Crippen molar-refractivity contribution in [2.75, 3.05) is 13.6 Å². The second-order valence-corrected chi connectivity index (χ2v) is 19.3. The first-order valence-corrected chi connectivity index (χ1v) is 18.1. The summed E-state index contributed by atoms with van der Waals surface area (Å²) in [6.45, 7) is 28.2. The van der Waals surface area contributed by atoms with Crippen molar-refractivity contribution in [3.63, 3.8) is 0 Å². The lowest BCUT2D eigenvalue weighted by Gasteiger charge is -2.32. The summed E-state index contributed by atoms with van der Waals surface area (Å²) in [5.41, 5.74) is 7.26. The molecule has 5 heteroatoms. The van der Waals surface area contributed by atoms with Crippen LogP contribution in [0.3, 0.4) is 0 Å². The second kappa shape index (κ2) is 11.6. The molecule has 0 amide bonds. The van der Waals surface area contributed by atoms with Crippen LogP contribution >= 0.6 is 7.92 Å². The predicted octanol–water partition coefficient (Wildman–Crippen LogP) is 9.76. The fourth-order valence-electron chi connectivity index (χ4n) is 6.18. The third-order valence-electron chi connectivity index (χ3n) is 9.24. The van der Waals surface area contributed by atoms with Gasteiger partial charge in [0.25, 0.3) is 0 Å². The molecule has 6 rings (SSSR count). The van der Waals surface area contributed by atoms with Crippen molar-refractivity contribution in [2.45, 2.75) is 105 Å². The van der Waals surface area contributed by atoms with E-state index in [-0.39, 0.29) is 35.2 Å². The topological polar surface area (TPSA) is 36.9 Å². The van der Waals surface area contributed by atoms with Gasteiger partial charge in [0, 0.05) is 11.1 Å². The van der Waals surface area contributed by atoms with Crippen LogP contribution in [0.25, 0.3) is 11.1 Å². The van der Waals surface area contributed by atoms with Crippen molar-refractivity contribution in [1.82, 2.24) is 0 Å². The van der Waals surface area contributed by atoms with E-state index in [1.54, 1.807) is 0 Å². The Labute approximate surface area is 283 Å². The Morgan fingerprint density at radius 3 is 1.34 bits per heavy atom. The van der Waals surface area contributed by atoms with Gasteiger partial charge in [0.2, 0.25) is 13.6 Å². The molecular formula is C42H51O4P. The maximum absolute atomic E-state index is 6.31. The average Bonchev–Trinajstić information content (AvgIpc) is 3.65. The highest BCUT2D eigenvalue weighted by Gasteiger charge is 2.34. The summed E-state index contributed by atoms with van der Waals surface area (Å²) in [6.07, 6.45) is 0. The van der Waals surface area contributed by atoms with E-state index in [4.69, 9.17) is 18.9 Å². The van der Waals surface area contributed by atoms with Crippen LogP contribution in [0.5, 0.6) is 23.0 Å². The highest BCUT2D eigenvalue weighted by atomic mass is 31.1. The molecular weight excluding hydrogens is 599 g/mol. The number of hydrogen-bond donors (Lipinski definition) is 0. The van der Waals surface area contributed by atoms with Gasteiger partial charge in [-0.1, -0.05) is 132 Å². The standard InChI is InChI=1S/C42H51O4P/c1-39(2,3)26-18-27(40(4,5)6)21-30(20-26)47(31-22-28(41(7,8)9)19-29(23-31)42(10,11)12)35-17-16-34-38(46-25-44-34)36(35)32-14-13-15-33-37(32)45-24-43-33/h13-23H,24-25H2,1-12H3. The zero-order valence-corrected chi connectivity index (χ0v) is 31.2. The molecule has 2 aliphatic rings. The van der Waals surface area contributed by atoms with E-state index in [1.807, 2.05) is 12.1 Å². The van der Waals surface area contributed by atoms with Crippen LogP contribution in [0.1, 0.15) is 105 Å². The normalized spacial score (nSPS) is 14.7. The third-order valence-corrected chi connectivity index (χ3v) is 11.6. The number of hydrogen-bond acceptors (Lipinski definition) is 4. The van der Waals surface area contributed by atoms with Crippen LogP contribution in [0.15, 0.2) is 66.7 Å².